The summed E-state index contributed by atoms with van der Waals surface area (Å²) in [5, 5.41) is 12.5. The van der Waals surface area contributed by atoms with E-state index < -0.39 is 29.5 Å². The number of nitrogens with one attached hydrogen (secondary N) is 1. The number of benzene rings is 2. The summed E-state index contributed by atoms with van der Waals surface area (Å²) < 4.78 is 4.77. The van der Waals surface area contributed by atoms with E-state index in [0.717, 1.165) is 16.5 Å². The van der Waals surface area contributed by atoms with E-state index in [9.17, 15) is 19.5 Å². The van der Waals surface area contributed by atoms with Crippen molar-refractivity contribution in [1.29, 1.82) is 0 Å². The average Bonchev–Trinajstić information content (AvgIpc) is 3.44. The van der Waals surface area contributed by atoms with Crippen LogP contribution in [-0.4, -0.2) is 51.3 Å². The van der Waals surface area contributed by atoms with Crippen molar-refractivity contribution in [2.45, 2.75) is 12.5 Å². The first-order chi connectivity index (χ1) is 17.9. The molecule has 5 rings (SSSR count). The van der Waals surface area contributed by atoms with Gasteiger partial charge in [-0.05, 0) is 53.9 Å². The summed E-state index contributed by atoms with van der Waals surface area (Å²) in [7, 11) is 1.29. The highest BCUT2D eigenvalue weighted by atomic mass is 35.5. The Hall–Kier alpha value is -4.43. The van der Waals surface area contributed by atoms with E-state index in [1.165, 1.54) is 24.4 Å². The van der Waals surface area contributed by atoms with Gasteiger partial charge in [0.2, 0.25) is 0 Å². The lowest BCUT2D eigenvalue weighted by molar-refractivity contribution is -0.129. The SMILES string of the molecule is COC(=O)c1ccc(C2C(C(=O)c3cccnc3)=C(O)C(=O)N2CCc2c[nH]c3cc(Cl)ccc23)cc1. The molecule has 0 aliphatic carbocycles. The Balaban J connectivity index is 1.51. The van der Waals surface area contributed by atoms with Crippen LogP contribution in [0.4, 0.5) is 0 Å². The molecule has 0 spiro atoms. The monoisotopic (exact) mass is 515 g/mol. The number of methoxy groups -OCH3 is 1. The molecule has 2 aromatic carbocycles. The molecule has 1 aliphatic heterocycles. The van der Waals surface area contributed by atoms with Crippen LogP contribution >= 0.6 is 11.6 Å². The molecule has 4 aromatic rings. The summed E-state index contributed by atoms with van der Waals surface area (Å²) >= 11 is 6.10. The molecule has 1 amide bonds. The number of halogens is 1. The number of aromatic amines is 1. The molecule has 0 fully saturated rings. The van der Waals surface area contributed by atoms with Crippen LogP contribution in [0.15, 0.2) is 84.5 Å². The molecule has 0 saturated carbocycles. The molecule has 8 nitrogen and oxygen atoms in total. The molecule has 186 valence electrons. The highest BCUT2D eigenvalue weighted by Crippen LogP contribution is 2.39. The topological polar surface area (TPSA) is 113 Å². The van der Waals surface area contributed by atoms with Gasteiger partial charge in [-0.2, -0.15) is 0 Å². The molecule has 37 heavy (non-hydrogen) atoms. The number of ketones is 1. The van der Waals surface area contributed by atoms with Gasteiger partial charge >= 0.3 is 5.97 Å². The third-order valence-corrected chi connectivity index (χ3v) is 6.71. The molecule has 1 unspecified atom stereocenters. The summed E-state index contributed by atoms with van der Waals surface area (Å²) in [6, 6.07) is 14.3. The van der Waals surface area contributed by atoms with E-state index in [2.05, 4.69) is 9.97 Å². The molecule has 0 radical (unpaired) electrons. The number of hydrogen-bond acceptors (Lipinski definition) is 6. The second-order valence-corrected chi connectivity index (χ2v) is 9.04. The summed E-state index contributed by atoms with van der Waals surface area (Å²) in [5.41, 5.74) is 2.96. The Bertz CT molecular complexity index is 1540. The molecule has 0 bridgehead atoms. The van der Waals surface area contributed by atoms with Crippen LogP contribution in [0.2, 0.25) is 5.02 Å². The lowest BCUT2D eigenvalue weighted by Gasteiger charge is -2.27. The first-order valence-electron chi connectivity index (χ1n) is 11.5. The van der Waals surface area contributed by atoms with Gasteiger partial charge in [-0.15, -0.1) is 0 Å². The van der Waals surface area contributed by atoms with Crippen molar-refractivity contribution in [3.8, 4) is 0 Å². The number of rotatable bonds is 7. The number of carbonyl (C=O) groups is 3. The van der Waals surface area contributed by atoms with Crippen molar-refractivity contribution in [2.75, 3.05) is 13.7 Å². The molecule has 2 aromatic heterocycles. The number of aliphatic hydroxyl groups is 1. The lowest BCUT2D eigenvalue weighted by atomic mass is 9.92. The van der Waals surface area contributed by atoms with Crippen molar-refractivity contribution in [3.63, 3.8) is 0 Å². The first-order valence-corrected chi connectivity index (χ1v) is 11.9. The van der Waals surface area contributed by atoms with Gasteiger partial charge in [-0.1, -0.05) is 29.8 Å². The number of H-pyrrole nitrogens is 1. The Morgan fingerprint density at radius 3 is 2.62 bits per heavy atom. The zero-order valence-electron chi connectivity index (χ0n) is 19.8. The minimum Gasteiger partial charge on any atom is -0.503 e. The fraction of sp³-hybridized carbons (Fsp3) is 0.143. The van der Waals surface area contributed by atoms with Crippen LogP contribution in [0.1, 0.15) is 37.9 Å². The Labute approximate surface area is 217 Å². The normalized spacial score (nSPS) is 15.5. The maximum atomic E-state index is 13.5. The molecule has 3 heterocycles. The van der Waals surface area contributed by atoms with E-state index in [4.69, 9.17) is 16.3 Å². The van der Waals surface area contributed by atoms with Crippen molar-refractivity contribution in [3.05, 3.63) is 112 Å². The van der Waals surface area contributed by atoms with Crippen molar-refractivity contribution in [1.82, 2.24) is 14.9 Å². The van der Waals surface area contributed by atoms with Crippen molar-refractivity contribution >= 4 is 40.2 Å². The van der Waals surface area contributed by atoms with Crippen LogP contribution < -0.4 is 0 Å². The third kappa shape index (κ3) is 4.47. The average molecular weight is 516 g/mol. The number of aromatic nitrogens is 2. The number of esters is 1. The van der Waals surface area contributed by atoms with Gasteiger partial charge in [0.1, 0.15) is 0 Å². The summed E-state index contributed by atoms with van der Waals surface area (Å²) in [5.74, 6) is -2.24. The number of nitrogens with zero attached hydrogens (tertiary/aromatic N) is 2. The van der Waals surface area contributed by atoms with Gasteiger partial charge in [0.15, 0.2) is 11.5 Å². The zero-order valence-corrected chi connectivity index (χ0v) is 20.5. The number of ether oxygens (including phenoxy) is 1. The van der Waals surface area contributed by atoms with Crippen LogP contribution in [0.3, 0.4) is 0 Å². The highest BCUT2D eigenvalue weighted by Gasteiger charge is 2.43. The summed E-state index contributed by atoms with van der Waals surface area (Å²) in [6.45, 7) is 0.228. The van der Waals surface area contributed by atoms with Crippen LogP contribution in [0.25, 0.3) is 10.9 Å². The number of amides is 1. The fourth-order valence-corrected chi connectivity index (χ4v) is 4.81. The van der Waals surface area contributed by atoms with E-state index in [1.54, 1.807) is 42.5 Å². The maximum absolute atomic E-state index is 13.5. The summed E-state index contributed by atoms with van der Waals surface area (Å²) in [6.07, 6.45) is 5.25. The largest absolute Gasteiger partial charge is 0.503 e. The van der Waals surface area contributed by atoms with Crippen molar-refractivity contribution < 1.29 is 24.2 Å². The molecule has 9 heteroatoms. The van der Waals surface area contributed by atoms with Gasteiger partial charge in [0.25, 0.3) is 5.91 Å². The van der Waals surface area contributed by atoms with Crippen LogP contribution in [-0.2, 0) is 16.0 Å². The first kappa shape index (κ1) is 24.3. The Kier molecular flexibility index (Phi) is 6.50. The molecule has 1 aliphatic rings. The predicted octanol–water partition coefficient (Wildman–Crippen LogP) is 4.82. The third-order valence-electron chi connectivity index (χ3n) is 6.47. The number of Topliss-reactive ketones (excluding diaryl/α,β-unsaturated/α-hetero) is 1. The van der Waals surface area contributed by atoms with Gasteiger partial charge in [-0.25, -0.2) is 4.79 Å². The minimum atomic E-state index is -0.855. The number of aliphatic hydroxyl groups excluding tert-OH is 1. The van der Waals surface area contributed by atoms with Crippen LogP contribution in [0.5, 0.6) is 0 Å². The second kappa shape index (κ2) is 9.91. The van der Waals surface area contributed by atoms with Gasteiger partial charge in [0, 0.05) is 46.6 Å². The van der Waals surface area contributed by atoms with E-state index in [0.29, 0.717) is 22.6 Å². The van der Waals surface area contributed by atoms with Gasteiger partial charge < -0.3 is 19.7 Å². The van der Waals surface area contributed by atoms with E-state index in [1.807, 2.05) is 18.3 Å². The second-order valence-electron chi connectivity index (χ2n) is 8.60. The molecular weight excluding hydrogens is 494 g/mol. The molecule has 2 N–H and O–H groups in total. The maximum Gasteiger partial charge on any atom is 0.337 e. The van der Waals surface area contributed by atoms with E-state index >= 15 is 0 Å². The predicted molar refractivity (Wildman–Crippen MR) is 137 cm³/mol. The number of fused-ring (bicyclic) bond motifs is 1. The van der Waals surface area contributed by atoms with Gasteiger partial charge in [0.05, 0.1) is 24.3 Å². The molecular formula is C28H22ClN3O5. The molecule has 0 saturated heterocycles. The van der Waals surface area contributed by atoms with Crippen LogP contribution in [0, 0.1) is 0 Å². The summed E-state index contributed by atoms with van der Waals surface area (Å²) in [4.78, 5) is 47.3. The molecule has 1 atom stereocenters. The number of hydrogen-bond donors (Lipinski definition) is 2. The minimum absolute atomic E-state index is 0.0328. The standard InChI is InChI=1S/C28H22ClN3O5/c1-37-28(36)17-6-4-16(5-7-17)24-23(25(33)19-3-2-11-30-14-19)26(34)27(35)32(24)12-10-18-15-31-22-13-20(29)8-9-21(18)22/h2-9,11,13-15,24,31,34H,10,12H2,1H3. The Morgan fingerprint density at radius 2 is 1.92 bits per heavy atom. The smallest absolute Gasteiger partial charge is 0.337 e. The van der Waals surface area contributed by atoms with E-state index in [-0.39, 0.29) is 17.7 Å². The Morgan fingerprint density at radius 1 is 1.14 bits per heavy atom. The fourth-order valence-electron chi connectivity index (χ4n) is 4.64. The van der Waals surface area contributed by atoms with Gasteiger partial charge in [-0.3, -0.25) is 14.6 Å². The number of carbonyl (C=O) groups excluding carboxylic acids is 3. The number of pyridine rings is 1. The van der Waals surface area contributed by atoms with Crippen molar-refractivity contribution in [2.24, 2.45) is 0 Å². The zero-order chi connectivity index (χ0) is 26.1. The lowest BCUT2D eigenvalue weighted by Crippen LogP contribution is -2.33. The quantitative estimate of drug-likeness (QED) is 0.269. The highest BCUT2D eigenvalue weighted by molar-refractivity contribution is 6.31.